The van der Waals surface area contributed by atoms with Crippen LogP contribution in [0, 0.1) is 11.7 Å². The number of piperidine rings is 3. The first-order chi connectivity index (χ1) is 12.8. The minimum Gasteiger partial charge on any atom is -0.346 e. The molecule has 2 bridgehead atoms. The molecule has 3 nitrogen and oxygen atoms in total. The van der Waals surface area contributed by atoms with E-state index in [9.17, 15) is 22.4 Å². The number of alkyl halides is 3. The van der Waals surface area contributed by atoms with Crippen LogP contribution >= 0.6 is 23.7 Å². The predicted molar refractivity (Wildman–Crippen MR) is 102 cm³/mol. The Hall–Kier alpha value is -1.38. The molecule has 4 aliphatic rings. The largest absolute Gasteiger partial charge is 0.420 e. The maximum atomic E-state index is 13.8. The van der Waals surface area contributed by atoms with E-state index in [-0.39, 0.29) is 44.9 Å². The van der Waals surface area contributed by atoms with Crippen LogP contribution in [0.3, 0.4) is 0 Å². The van der Waals surface area contributed by atoms with Gasteiger partial charge in [-0.2, -0.15) is 13.2 Å². The molecule has 1 saturated carbocycles. The molecule has 1 aromatic heterocycles. The van der Waals surface area contributed by atoms with Crippen molar-refractivity contribution in [2.24, 2.45) is 5.92 Å². The second-order valence-corrected chi connectivity index (χ2v) is 8.88. The molecule has 0 unspecified atom stereocenters. The van der Waals surface area contributed by atoms with Crippen molar-refractivity contribution >= 4 is 39.7 Å². The summed E-state index contributed by atoms with van der Waals surface area (Å²) in [5.41, 5.74) is -1.23. The highest BCUT2D eigenvalue weighted by Crippen LogP contribution is 2.53. The van der Waals surface area contributed by atoms with Gasteiger partial charge in [0.2, 0.25) is 0 Å². The van der Waals surface area contributed by atoms with E-state index in [1.54, 1.807) is 0 Å². The van der Waals surface area contributed by atoms with E-state index in [0.717, 1.165) is 44.8 Å². The Morgan fingerprint density at radius 1 is 1.21 bits per heavy atom. The smallest absolute Gasteiger partial charge is 0.346 e. The lowest BCUT2D eigenvalue weighted by Crippen LogP contribution is -2.65. The van der Waals surface area contributed by atoms with Crippen LogP contribution in [0.1, 0.15) is 40.9 Å². The number of thiophene rings is 1. The zero-order valence-corrected chi connectivity index (χ0v) is 16.4. The van der Waals surface area contributed by atoms with E-state index in [0.29, 0.717) is 17.3 Å². The molecule has 2 aromatic rings. The van der Waals surface area contributed by atoms with E-state index in [1.165, 1.54) is 12.1 Å². The molecule has 3 saturated heterocycles. The number of nitrogens with one attached hydrogen (secondary N) is 1. The summed E-state index contributed by atoms with van der Waals surface area (Å²) < 4.78 is 53.3. The standard InChI is InChI=1S/C19H18F4N2OS.ClH/c20-12-2-1-11-9-13(27-15(11)14(12)19(21,22)23)17(26)24-16-10-3-7-25(8-4-10)18(16)5-6-18;/h1-2,9-10,16H,3-8H2,(H,24,26);1H/t16-;/m1./s1. The summed E-state index contributed by atoms with van der Waals surface area (Å²) in [5, 5.41) is 3.35. The lowest BCUT2D eigenvalue weighted by molar-refractivity contribution is -0.138. The quantitative estimate of drug-likeness (QED) is 0.686. The molecular weight excluding hydrogens is 416 g/mol. The first-order valence-electron chi connectivity index (χ1n) is 9.15. The number of carbonyl (C=O) groups excluding carboxylic acids is 1. The average molecular weight is 435 g/mol. The molecule has 152 valence electrons. The Morgan fingerprint density at radius 3 is 2.50 bits per heavy atom. The zero-order chi connectivity index (χ0) is 19.0. The van der Waals surface area contributed by atoms with Gasteiger partial charge >= 0.3 is 6.18 Å². The fourth-order valence-electron chi connectivity index (χ4n) is 4.99. The summed E-state index contributed by atoms with van der Waals surface area (Å²) in [4.78, 5) is 15.5. The zero-order valence-electron chi connectivity index (χ0n) is 14.8. The van der Waals surface area contributed by atoms with Gasteiger partial charge in [-0.15, -0.1) is 23.7 Å². The maximum absolute atomic E-state index is 13.8. The van der Waals surface area contributed by atoms with Crippen molar-refractivity contribution in [3.63, 3.8) is 0 Å². The first-order valence-corrected chi connectivity index (χ1v) is 9.96. The molecule has 28 heavy (non-hydrogen) atoms. The molecule has 1 spiro atoms. The molecule has 3 aliphatic heterocycles. The summed E-state index contributed by atoms with van der Waals surface area (Å²) >= 11 is 0.717. The molecule has 1 atom stereocenters. The topological polar surface area (TPSA) is 32.3 Å². The molecule has 4 heterocycles. The lowest BCUT2D eigenvalue weighted by atomic mass is 9.77. The van der Waals surface area contributed by atoms with Crippen LogP contribution in [0.5, 0.6) is 0 Å². The summed E-state index contributed by atoms with van der Waals surface area (Å²) in [6, 6.07) is 3.59. The summed E-state index contributed by atoms with van der Waals surface area (Å²) in [7, 11) is 0. The van der Waals surface area contributed by atoms with Crippen LogP contribution < -0.4 is 5.32 Å². The van der Waals surface area contributed by atoms with Gasteiger partial charge in [0.05, 0.1) is 15.6 Å². The highest BCUT2D eigenvalue weighted by Gasteiger charge is 2.60. The van der Waals surface area contributed by atoms with Crippen molar-refractivity contribution in [3.8, 4) is 0 Å². The second-order valence-electron chi connectivity index (χ2n) is 7.83. The highest BCUT2D eigenvalue weighted by atomic mass is 35.5. The van der Waals surface area contributed by atoms with Crippen molar-refractivity contribution < 1.29 is 22.4 Å². The van der Waals surface area contributed by atoms with Crippen LogP contribution in [0.2, 0.25) is 0 Å². The number of fused-ring (bicyclic) bond motifs is 3. The number of hydrogen-bond donors (Lipinski definition) is 1. The summed E-state index contributed by atoms with van der Waals surface area (Å²) in [5.74, 6) is -1.23. The Balaban J connectivity index is 0.00000192. The van der Waals surface area contributed by atoms with E-state index in [2.05, 4.69) is 10.2 Å². The van der Waals surface area contributed by atoms with Gasteiger partial charge in [-0.05, 0) is 62.2 Å². The number of amides is 1. The van der Waals surface area contributed by atoms with Gasteiger partial charge < -0.3 is 5.32 Å². The van der Waals surface area contributed by atoms with Gasteiger partial charge in [0.15, 0.2) is 0 Å². The van der Waals surface area contributed by atoms with Gasteiger partial charge in [-0.3, -0.25) is 9.69 Å². The predicted octanol–water partition coefficient (Wildman–Crippen LogP) is 4.84. The minimum atomic E-state index is -4.80. The van der Waals surface area contributed by atoms with Crippen LogP contribution in [0.15, 0.2) is 18.2 Å². The van der Waals surface area contributed by atoms with Gasteiger partial charge in [0.25, 0.3) is 5.91 Å². The monoisotopic (exact) mass is 434 g/mol. The fraction of sp³-hybridized carbons (Fsp3) is 0.526. The van der Waals surface area contributed by atoms with Crippen LogP contribution in [0.25, 0.3) is 10.1 Å². The fourth-order valence-corrected chi connectivity index (χ4v) is 6.11. The van der Waals surface area contributed by atoms with Gasteiger partial charge in [-0.1, -0.05) is 6.07 Å². The van der Waals surface area contributed by atoms with Crippen molar-refractivity contribution in [2.75, 3.05) is 13.1 Å². The lowest BCUT2D eigenvalue weighted by Gasteiger charge is -2.52. The Labute approximate surface area is 169 Å². The van der Waals surface area contributed by atoms with Crippen molar-refractivity contribution in [3.05, 3.63) is 34.5 Å². The third kappa shape index (κ3) is 2.92. The number of hydrogen-bond acceptors (Lipinski definition) is 3. The average Bonchev–Trinajstić information content (AvgIpc) is 3.27. The van der Waals surface area contributed by atoms with E-state index >= 15 is 0 Å². The maximum Gasteiger partial charge on any atom is 0.420 e. The van der Waals surface area contributed by atoms with Crippen molar-refractivity contribution in [2.45, 2.75) is 43.4 Å². The molecule has 1 N–H and O–H groups in total. The molecule has 9 heteroatoms. The molecule has 1 amide bonds. The highest BCUT2D eigenvalue weighted by molar-refractivity contribution is 7.21. The molecule has 1 aromatic carbocycles. The Bertz CT molecular complexity index is 932. The van der Waals surface area contributed by atoms with Gasteiger partial charge in [0.1, 0.15) is 11.4 Å². The van der Waals surface area contributed by atoms with Gasteiger partial charge in [-0.25, -0.2) is 4.39 Å². The Kier molecular flexibility index (Phi) is 4.67. The Morgan fingerprint density at radius 2 is 1.89 bits per heavy atom. The van der Waals surface area contributed by atoms with Crippen molar-refractivity contribution in [1.82, 2.24) is 10.2 Å². The molecular formula is C19H19ClF4N2OS. The minimum absolute atomic E-state index is 0. The number of benzene rings is 1. The van der Waals surface area contributed by atoms with Crippen LogP contribution in [0.4, 0.5) is 17.6 Å². The molecule has 4 fully saturated rings. The number of halogens is 5. The summed E-state index contributed by atoms with van der Waals surface area (Å²) in [6.45, 7) is 2.13. The molecule has 0 radical (unpaired) electrons. The van der Waals surface area contributed by atoms with Crippen LogP contribution in [-0.4, -0.2) is 35.5 Å². The normalized spacial score (nSPS) is 27.6. The van der Waals surface area contributed by atoms with E-state index in [1.807, 2.05) is 0 Å². The van der Waals surface area contributed by atoms with E-state index in [4.69, 9.17) is 0 Å². The van der Waals surface area contributed by atoms with Crippen molar-refractivity contribution in [1.29, 1.82) is 0 Å². The van der Waals surface area contributed by atoms with E-state index < -0.39 is 17.6 Å². The third-order valence-electron chi connectivity index (χ3n) is 6.41. The SMILES string of the molecule is Cl.O=C(N[C@@H]1C2CCN(CC2)C12CC2)c1cc2ccc(F)c(C(F)(F)F)c2s1. The number of carbonyl (C=O) groups is 1. The third-order valence-corrected chi connectivity index (χ3v) is 7.58. The van der Waals surface area contributed by atoms with Gasteiger partial charge in [0, 0.05) is 5.54 Å². The summed E-state index contributed by atoms with van der Waals surface area (Å²) in [6.07, 6.45) is -0.588. The number of nitrogens with zero attached hydrogens (tertiary/aromatic N) is 1. The first kappa shape index (κ1) is 19.9. The molecule has 6 rings (SSSR count). The second kappa shape index (κ2) is 6.57. The molecule has 1 aliphatic carbocycles. The number of rotatable bonds is 2. The van der Waals surface area contributed by atoms with Crippen LogP contribution in [-0.2, 0) is 6.18 Å².